The first-order chi connectivity index (χ1) is 12.4. The van der Waals surface area contributed by atoms with E-state index in [-0.39, 0.29) is 0 Å². The quantitative estimate of drug-likeness (QED) is 0.546. The number of aliphatic imine (C=N–C) groups is 1. The highest BCUT2D eigenvalue weighted by Crippen LogP contribution is 2.44. The summed E-state index contributed by atoms with van der Waals surface area (Å²) in [4.78, 5) is 24.4. The Morgan fingerprint density at radius 1 is 1.50 bits per heavy atom. The summed E-state index contributed by atoms with van der Waals surface area (Å²) in [6.07, 6.45) is 1.27. The number of anilines is 1. The van der Waals surface area contributed by atoms with Gasteiger partial charge >= 0.3 is 0 Å². The standard InChI is InChI=1S/C15H17N5O5S/c1-15(24)10(23)7(5-21)25-13(15)20-4-6-9-11(17-8(22)3-16-6)18-14(26-2)19-12(9)20/h3-4,7,10,13,21,23-24H,5H2,1-2H3,(H,17,18,19,22)/t7-,10-,13?,15+/m1/s1. The van der Waals surface area contributed by atoms with E-state index in [9.17, 15) is 20.1 Å². The SMILES string of the molecule is CSC1=Nc2c3c(nc(=O)cnc3cn2C2O[C@H](CO)[C@@H](O)[C@]2(C)O)N1. The van der Waals surface area contributed by atoms with Crippen LogP contribution in [0.3, 0.4) is 0 Å². The van der Waals surface area contributed by atoms with Gasteiger partial charge in [-0.2, -0.15) is 4.98 Å². The van der Waals surface area contributed by atoms with E-state index >= 15 is 0 Å². The number of nitrogens with zero attached hydrogens (tertiary/aromatic N) is 4. The lowest BCUT2D eigenvalue weighted by molar-refractivity contribution is -0.0955. The summed E-state index contributed by atoms with van der Waals surface area (Å²) in [7, 11) is 0. The molecule has 0 radical (unpaired) electrons. The Morgan fingerprint density at radius 3 is 2.92 bits per heavy atom. The lowest BCUT2D eigenvalue weighted by atomic mass is 9.96. The summed E-state index contributed by atoms with van der Waals surface area (Å²) in [5.74, 6) is 0.706. The Kier molecular flexibility index (Phi) is 4.00. The molecule has 0 aromatic carbocycles. The van der Waals surface area contributed by atoms with Crippen LogP contribution in [0.4, 0.5) is 11.6 Å². The summed E-state index contributed by atoms with van der Waals surface area (Å²) in [5, 5.41) is 34.4. The maximum Gasteiger partial charge on any atom is 0.290 e. The number of aromatic nitrogens is 3. The number of thioether (sulfide) groups is 1. The van der Waals surface area contributed by atoms with Gasteiger partial charge in [0.2, 0.25) is 0 Å². The predicted molar refractivity (Wildman–Crippen MR) is 95.7 cm³/mol. The van der Waals surface area contributed by atoms with Crippen molar-refractivity contribution in [2.45, 2.75) is 31.0 Å². The minimum absolute atomic E-state index is 0.312. The second-order valence-corrected chi connectivity index (χ2v) is 7.10. The van der Waals surface area contributed by atoms with Crippen LogP contribution < -0.4 is 10.9 Å². The van der Waals surface area contributed by atoms with Crippen molar-refractivity contribution in [2.24, 2.45) is 4.99 Å². The fraction of sp³-hybridized carbons (Fsp3) is 0.467. The molecule has 0 spiro atoms. The topological polar surface area (TPSA) is 142 Å². The molecular formula is C15H17N5O5S. The van der Waals surface area contributed by atoms with Gasteiger partial charge in [-0.15, -0.1) is 0 Å². The van der Waals surface area contributed by atoms with Crippen LogP contribution in [0.25, 0.3) is 10.9 Å². The number of aliphatic hydroxyl groups excluding tert-OH is 2. The number of rotatable bonds is 2. The molecule has 4 rings (SSSR count). The first-order valence-electron chi connectivity index (χ1n) is 7.85. The van der Waals surface area contributed by atoms with E-state index in [1.165, 1.54) is 18.7 Å². The molecule has 1 unspecified atom stereocenters. The minimum Gasteiger partial charge on any atom is -0.394 e. The molecule has 0 saturated carbocycles. The summed E-state index contributed by atoms with van der Waals surface area (Å²) in [6, 6.07) is 0. The van der Waals surface area contributed by atoms with E-state index in [1.807, 2.05) is 6.26 Å². The summed E-state index contributed by atoms with van der Waals surface area (Å²) < 4.78 is 7.23. The zero-order valence-corrected chi connectivity index (χ0v) is 14.8. The van der Waals surface area contributed by atoms with Crippen LogP contribution in [0.5, 0.6) is 0 Å². The molecule has 26 heavy (non-hydrogen) atoms. The third-order valence-electron chi connectivity index (χ3n) is 4.57. The van der Waals surface area contributed by atoms with E-state index in [1.54, 1.807) is 10.8 Å². The lowest BCUT2D eigenvalue weighted by Gasteiger charge is -2.28. The average molecular weight is 379 g/mol. The van der Waals surface area contributed by atoms with Crippen LogP contribution in [0.1, 0.15) is 13.2 Å². The Labute approximate surface area is 151 Å². The van der Waals surface area contributed by atoms with Gasteiger partial charge in [-0.25, -0.2) is 9.98 Å². The lowest BCUT2D eigenvalue weighted by Crippen LogP contribution is -2.44. The summed E-state index contributed by atoms with van der Waals surface area (Å²) >= 11 is 1.33. The number of hydrogen-bond acceptors (Lipinski definition) is 10. The van der Waals surface area contributed by atoms with Crippen molar-refractivity contribution >= 4 is 39.5 Å². The van der Waals surface area contributed by atoms with Gasteiger partial charge in [0.15, 0.2) is 17.2 Å². The van der Waals surface area contributed by atoms with Crippen molar-refractivity contribution in [3.63, 3.8) is 0 Å². The Hall–Kier alpha value is -2.05. The van der Waals surface area contributed by atoms with Crippen molar-refractivity contribution in [3.05, 3.63) is 22.7 Å². The minimum atomic E-state index is -1.67. The van der Waals surface area contributed by atoms with Crippen molar-refractivity contribution in [3.8, 4) is 0 Å². The van der Waals surface area contributed by atoms with Crippen LogP contribution in [0.15, 0.2) is 22.2 Å². The van der Waals surface area contributed by atoms with Crippen molar-refractivity contribution in [1.29, 1.82) is 0 Å². The molecular weight excluding hydrogens is 362 g/mol. The highest BCUT2D eigenvalue weighted by Gasteiger charge is 2.53. The van der Waals surface area contributed by atoms with Gasteiger partial charge in [-0.3, -0.25) is 4.79 Å². The molecule has 138 valence electrons. The highest BCUT2D eigenvalue weighted by molar-refractivity contribution is 8.13. The molecule has 11 heteroatoms. The molecule has 0 aliphatic carbocycles. The van der Waals surface area contributed by atoms with Gasteiger partial charge in [-0.05, 0) is 13.2 Å². The van der Waals surface area contributed by atoms with Crippen LogP contribution in [-0.2, 0) is 4.74 Å². The predicted octanol–water partition coefficient (Wildman–Crippen LogP) is -0.431. The second kappa shape index (κ2) is 5.99. The van der Waals surface area contributed by atoms with Gasteiger partial charge < -0.3 is 29.9 Å². The largest absolute Gasteiger partial charge is 0.394 e. The first-order valence-corrected chi connectivity index (χ1v) is 9.07. The molecule has 0 bridgehead atoms. The van der Waals surface area contributed by atoms with Gasteiger partial charge in [0.25, 0.3) is 5.56 Å². The molecule has 0 amide bonds. The van der Waals surface area contributed by atoms with E-state index < -0.39 is 36.2 Å². The highest BCUT2D eigenvalue weighted by atomic mass is 32.2. The average Bonchev–Trinajstić information content (AvgIpc) is 3.01. The first kappa shape index (κ1) is 17.4. The molecule has 2 aromatic rings. The Bertz CT molecular complexity index is 975. The fourth-order valence-electron chi connectivity index (χ4n) is 3.24. The van der Waals surface area contributed by atoms with Crippen LogP contribution in [-0.4, -0.2) is 65.7 Å². The third-order valence-corrected chi connectivity index (χ3v) is 5.15. The van der Waals surface area contributed by atoms with Crippen LogP contribution in [0, 0.1) is 0 Å². The fourth-order valence-corrected chi connectivity index (χ4v) is 3.62. The van der Waals surface area contributed by atoms with Gasteiger partial charge in [-0.1, -0.05) is 11.8 Å². The maximum absolute atomic E-state index is 11.8. The molecule has 1 saturated heterocycles. The molecule has 2 aromatic heterocycles. The van der Waals surface area contributed by atoms with Crippen molar-refractivity contribution < 1.29 is 20.1 Å². The van der Waals surface area contributed by atoms with Gasteiger partial charge in [0.05, 0.1) is 23.7 Å². The number of nitrogens with one attached hydrogen (secondary N) is 1. The molecule has 4 N–H and O–H groups in total. The monoisotopic (exact) mass is 379 g/mol. The Balaban J connectivity index is 1.96. The van der Waals surface area contributed by atoms with E-state index in [2.05, 4.69) is 20.3 Å². The maximum atomic E-state index is 11.8. The molecule has 4 atom stereocenters. The number of amidine groups is 1. The van der Waals surface area contributed by atoms with Gasteiger partial charge in [0, 0.05) is 6.20 Å². The molecule has 4 heterocycles. The van der Waals surface area contributed by atoms with E-state index in [0.29, 0.717) is 27.7 Å². The van der Waals surface area contributed by atoms with E-state index in [4.69, 9.17) is 4.74 Å². The zero-order chi connectivity index (χ0) is 18.6. The Morgan fingerprint density at radius 2 is 2.27 bits per heavy atom. The zero-order valence-electron chi connectivity index (χ0n) is 13.9. The molecule has 1 fully saturated rings. The number of hydrogen-bond donors (Lipinski definition) is 4. The number of aliphatic hydroxyl groups is 3. The van der Waals surface area contributed by atoms with Crippen molar-refractivity contribution in [2.75, 3.05) is 18.2 Å². The normalized spacial score (nSPS) is 30.3. The van der Waals surface area contributed by atoms with E-state index in [0.717, 1.165) is 6.20 Å². The smallest absolute Gasteiger partial charge is 0.290 e. The van der Waals surface area contributed by atoms with Gasteiger partial charge in [0.1, 0.15) is 23.6 Å². The summed E-state index contributed by atoms with van der Waals surface area (Å²) in [5.41, 5.74) is -1.73. The molecule has 2 aliphatic rings. The molecule has 2 aliphatic heterocycles. The second-order valence-electron chi connectivity index (χ2n) is 6.30. The van der Waals surface area contributed by atoms with Crippen LogP contribution in [0.2, 0.25) is 0 Å². The molecule has 10 nitrogen and oxygen atoms in total. The van der Waals surface area contributed by atoms with Crippen LogP contribution >= 0.6 is 11.8 Å². The van der Waals surface area contributed by atoms with Crippen molar-refractivity contribution in [1.82, 2.24) is 14.5 Å². The summed E-state index contributed by atoms with van der Waals surface area (Å²) in [6.45, 7) is 0.988. The third kappa shape index (κ3) is 2.43. The number of ether oxygens (including phenoxy) is 1.